The fraction of sp³-hybridized carbons (Fsp3) is 0.364. The lowest BCUT2D eigenvalue weighted by molar-refractivity contribution is 0.0952. The molecular formula is C22H25N3OS. The number of benzene rings is 2. The summed E-state index contributed by atoms with van der Waals surface area (Å²) in [6.45, 7) is 4.94. The number of carbonyl (C=O) groups is 1. The molecule has 0 radical (unpaired) electrons. The molecule has 2 aromatic carbocycles. The molecule has 4 rings (SSSR count). The monoisotopic (exact) mass is 379 g/mol. The van der Waals surface area contributed by atoms with Crippen LogP contribution in [0, 0.1) is 0 Å². The van der Waals surface area contributed by atoms with Gasteiger partial charge in [-0.05, 0) is 48.9 Å². The zero-order valence-electron chi connectivity index (χ0n) is 15.6. The number of piperidine rings is 1. The lowest BCUT2D eigenvalue weighted by atomic mass is 10.0. The first-order valence-electron chi connectivity index (χ1n) is 9.69. The van der Waals surface area contributed by atoms with E-state index >= 15 is 0 Å². The molecule has 2 heterocycles. The maximum Gasteiger partial charge on any atom is 0.251 e. The number of amides is 1. The Kier molecular flexibility index (Phi) is 5.39. The average molecular weight is 380 g/mol. The van der Waals surface area contributed by atoms with E-state index in [-0.39, 0.29) is 11.8 Å². The van der Waals surface area contributed by atoms with Gasteiger partial charge in [-0.1, -0.05) is 48.6 Å². The maximum absolute atomic E-state index is 12.6. The minimum absolute atomic E-state index is 0.0207. The van der Waals surface area contributed by atoms with Gasteiger partial charge in [0.1, 0.15) is 0 Å². The summed E-state index contributed by atoms with van der Waals surface area (Å²) in [5.41, 5.74) is 2.92. The van der Waals surface area contributed by atoms with Crippen molar-refractivity contribution in [2.24, 2.45) is 0 Å². The Morgan fingerprint density at radius 3 is 2.70 bits per heavy atom. The predicted octanol–water partition coefficient (Wildman–Crippen LogP) is 4.82. The predicted molar refractivity (Wildman–Crippen MR) is 113 cm³/mol. The maximum atomic E-state index is 12.6. The molecular weight excluding hydrogens is 354 g/mol. The Morgan fingerprint density at radius 2 is 1.93 bits per heavy atom. The highest BCUT2D eigenvalue weighted by Crippen LogP contribution is 2.31. The molecule has 1 aromatic heterocycles. The molecule has 4 nitrogen and oxygen atoms in total. The normalized spacial score (nSPS) is 15.7. The van der Waals surface area contributed by atoms with Gasteiger partial charge in [-0.15, -0.1) is 0 Å². The van der Waals surface area contributed by atoms with Gasteiger partial charge < -0.3 is 10.2 Å². The van der Waals surface area contributed by atoms with Crippen LogP contribution >= 0.6 is 11.3 Å². The first-order chi connectivity index (χ1) is 13.2. The van der Waals surface area contributed by atoms with Gasteiger partial charge in [-0.2, -0.15) is 0 Å². The van der Waals surface area contributed by atoms with Crippen molar-refractivity contribution in [1.29, 1.82) is 0 Å². The standard InChI is InChI=1S/C22H25N3OS/c1-16(17-8-4-2-5-9-17)15-23-21(26)18-10-11-19-20(14-18)27-22(24-19)25-12-6-3-7-13-25/h2,4-5,8-11,14,16H,3,6-7,12-13,15H2,1H3,(H,23,26). The van der Waals surface area contributed by atoms with Crippen LogP contribution in [0.4, 0.5) is 5.13 Å². The van der Waals surface area contributed by atoms with Gasteiger partial charge in [0.2, 0.25) is 0 Å². The number of carbonyl (C=O) groups excluding carboxylic acids is 1. The summed E-state index contributed by atoms with van der Waals surface area (Å²) >= 11 is 1.69. The Hall–Kier alpha value is -2.40. The second-order valence-corrected chi connectivity index (χ2v) is 8.26. The summed E-state index contributed by atoms with van der Waals surface area (Å²) < 4.78 is 1.08. The van der Waals surface area contributed by atoms with Gasteiger partial charge in [-0.25, -0.2) is 4.98 Å². The molecule has 0 spiro atoms. The quantitative estimate of drug-likeness (QED) is 0.691. The van der Waals surface area contributed by atoms with E-state index < -0.39 is 0 Å². The van der Waals surface area contributed by atoms with E-state index in [0.29, 0.717) is 12.1 Å². The van der Waals surface area contributed by atoms with E-state index in [4.69, 9.17) is 4.98 Å². The summed E-state index contributed by atoms with van der Waals surface area (Å²) in [6, 6.07) is 16.1. The third-order valence-electron chi connectivity index (χ3n) is 5.20. The van der Waals surface area contributed by atoms with E-state index in [0.717, 1.165) is 28.4 Å². The molecule has 0 aliphatic carbocycles. The topological polar surface area (TPSA) is 45.2 Å². The Labute approximate surface area is 164 Å². The molecule has 1 unspecified atom stereocenters. The number of aromatic nitrogens is 1. The molecule has 1 atom stereocenters. The number of hydrogen-bond donors (Lipinski definition) is 1. The van der Waals surface area contributed by atoms with Crippen LogP contribution in [0.25, 0.3) is 10.2 Å². The van der Waals surface area contributed by atoms with Crippen LogP contribution in [0.15, 0.2) is 48.5 Å². The Bertz CT molecular complexity index is 916. The van der Waals surface area contributed by atoms with Crippen molar-refractivity contribution in [1.82, 2.24) is 10.3 Å². The lowest BCUT2D eigenvalue weighted by Crippen LogP contribution is -2.29. The third-order valence-corrected chi connectivity index (χ3v) is 6.28. The van der Waals surface area contributed by atoms with Gasteiger partial charge in [0.15, 0.2) is 5.13 Å². The van der Waals surface area contributed by atoms with Crippen LogP contribution in [-0.4, -0.2) is 30.5 Å². The molecule has 1 saturated heterocycles. The Morgan fingerprint density at radius 1 is 1.15 bits per heavy atom. The SMILES string of the molecule is CC(CNC(=O)c1ccc2nc(N3CCCCC3)sc2c1)c1ccccc1. The molecule has 1 aliphatic rings. The van der Waals surface area contributed by atoms with Crippen molar-refractivity contribution < 1.29 is 4.79 Å². The molecule has 5 heteroatoms. The summed E-state index contributed by atoms with van der Waals surface area (Å²) in [5, 5.41) is 4.15. The molecule has 1 amide bonds. The fourth-order valence-electron chi connectivity index (χ4n) is 3.52. The number of thiazole rings is 1. The lowest BCUT2D eigenvalue weighted by Gasteiger charge is -2.25. The second-order valence-electron chi connectivity index (χ2n) is 7.25. The van der Waals surface area contributed by atoms with Crippen LogP contribution in [0.3, 0.4) is 0 Å². The molecule has 140 valence electrons. The fourth-order valence-corrected chi connectivity index (χ4v) is 4.58. The molecule has 3 aromatic rings. The zero-order chi connectivity index (χ0) is 18.6. The summed E-state index contributed by atoms with van der Waals surface area (Å²) in [6.07, 6.45) is 3.79. The number of anilines is 1. The molecule has 0 bridgehead atoms. The number of nitrogens with zero attached hydrogens (tertiary/aromatic N) is 2. The van der Waals surface area contributed by atoms with E-state index in [1.54, 1.807) is 11.3 Å². The van der Waals surface area contributed by atoms with Crippen LogP contribution < -0.4 is 10.2 Å². The molecule has 1 N–H and O–H groups in total. The van der Waals surface area contributed by atoms with Crippen molar-refractivity contribution >= 4 is 32.6 Å². The van der Waals surface area contributed by atoms with Crippen molar-refractivity contribution in [2.45, 2.75) is 32.1 Å². The summed E-state index contributed by atoms with van der Waals surface area (Å²) in [4.78, 5) is 19.7. The molecule has 1 aliphatic heterocycles. The minimum atomic E-state index is -0.0207. The Balaban J connectivity index is 1.44. The highest BCUT2D eigenvalue weighted by molar-refractivity contribution is 7.22. The number of nitrogens with one attached hydrogen (secondary N) is 1. The first kappa shape index (κ1) is 18.0. The molecule has 27 heavy (non-hydrogen) atoms. The minimum Gasteiger partial charge on any atom is -0.351 e. The zero-order valence-corrected chi connectivity index (χ0v) is 16.5. The van der Waals surface area contributed by atoms with Crippen LogP contribution in [0.2, 0.25) is 0 Å². The van der Waals surface area contributed by atoms with Gasteiger partial charge in [-0.3, -0.25) is 4.79 Å². The molecule has 0 saturated carbocycles. The molecule has 1 fully saturated rings. The highest BCUT2D eigenvalue weighted by atomic mass is 32.1. The number of hydrogen-bond acceptors (Lipinski definition) is 4. The number of fused-ring (bicyclic) bond motifs is 1. The summed E-state index contributed by atoms with van der Waals surface area (Å²) in [5.74, 6) is 0.264. The van der Waals surface area contributed by atoms with E-state index in [2.05, 4.69) is 29.3 Å². The van der Waals surface area contributed by atoms with E-state index in [1.165, 1.54) is 24.8 Å². The van der Waals surface area contributed by atoms with E-state index in [1.807, 2.05) is 36.4 Å². The van der Waals surface area contributed by atoms with Crippen molar-refractivity contribution in [3.05, 3.63) is 59.7 Å². The highest BCUT2D eigenvalue weighted by Gasteiger charge is 2.16. The third kappa shape index (κ3) is 4.14. The van der Waals surface area contributed by atoms with Crippen LogP contribution in [0.5, 0.6) is 0 Å². The average Bonchev–Trinajstić information content (AvgIpc) is 3.16. The van der Waals surface area contributed by atoms with E-state index in [9.17, 15) is 4.79 Å². The summed E-state index contributed by atoms with van der Waals surface area (Å²) in [7, 11) is 0. The van der Waals surface area contributed by atoms with Crippen molar-refractivity contribution in [2.75, 3.05) is 24.5 Å². The smallest absolute Gasteiger partial charge is 0.251 e. The van der Waals surface area contributed by atoms with Crippen LogP contribution in [0.1, 0.15) is 48.0 Å². The van der Waals surface area contributed by atoms with Crippen molar-refractivity contribution in [3.63, 3.8) is 0 Å². The number of rotatable bonds is 5. The van der Waals surface area contributed by atoms with Gasteiger partial charge in [0.05, 0.1) is 10.2 Å². The second kappa shape index (κ2) is 8.09. The van der Waals surface area contributed by atoms with Crippen LogP contribution in [-0.2, 0) is 0 Å². The first-order valence-corrected chi connectivity index (χ1v) is 10.5. The van der Waals surface area contributed by atoms with Gasteiger partial charge in [0.25, 0.3) is 5.91 Å². The largest absolute Gasteiger partial charge is 0.351 e. The van der Waals surface area contributed by atoms with Gasteiger partial charge >= 0.3 is 0 Å². The van der Waals surface area contributed by atoms with Gasteiger partial charge in [0, 0.05) is 25.2 Å². The van der Waals surface area contributed by atoms with Crippen molar-refractivity contribution in [3.8, 4) is 0 Å².